The summed E-state index contributed by atoms with van der Waals surface area (Å²) in [4.78, 5) is 11.6. The molecule has 3 rings (SSSR count). The van der Waals surface area contributed by atoms with Crippen LogP contribution in [0, 0.1) is 0 Å². The second-order valence-electron chi connectivity index (χ2n) is 5.35. The predicted octanol–water partition coefficient (Wildman–Crippen LogP) is 3.66. The van der Waals surface area contributed by atoms with E-state index in [1.807, 2.05) is 36.4 Å². The molecule has 0 aliphatic carbocycles. The summed E-state index contributed by atoms with van der Waals surface area (Å²) < 4.78 is 0. The molecule has 21 heavy (non-hydrogen) atoms. The average molecular weight is 301 g/mol. The summed E-state index contributed by atoms with van der Waals surface area (Å²) in [5.41, 5.74) is 10.5. The van der Waals surface area contributed by atoms with Crippen LogP contribution in [0.1, 0.15) is 35.6 Å². The molecule has 1 aliphatic rings. The molecule has 108 valence electrons. The number of anilines is 1. The van der Waals surface area contributed by atoms with Gasteiger partial charge in [-0.1, -0.05) is 35.9 Å². The molecular weight excluding hydrogens is 284 g/mol. The number of fused-ring (bicyclic) bond motifs is 1. The molecule has 3 N–H and O–H groups in total. The summed E-state index contributed by atoms with van der Waals surface area (Å²) in [6.07, 6.45) is 2.35. The van der Waals surface area contributed by atoms with Crippen LogP contribution in [0.25, 0.3) is 0 Å². The molecule has 1 atom stereocenters. The van der Waals surface area contributed by atoms with E-state index in [1.54, 1.807) is 0 Å². The van der Waals surface area contributed by atoms with E-state index < -0.39 is 0 Å². The predicted molar refractivity (Wildman–Crippen MR) is 85.5 cm³/mol. The molecule has 1 heterocycles. The molecule has 0 bridgehead atoms. The maximum absolute atomic E-state index is 11.6. The van der Waals surface area contributed by atoms with Crippen molar-refractivity contribution in [3.8, 4) is 0 Å². The van der Waals surface area contributed by atoms with E-state index in [0.717, 1.165) is 35.2 Å². The van der Waals surface area contributed by atoms with E-state index in [-0.39, 0.29) is 11.9 Å². The highest BCUT2D eigenvalue weighted by Crippen LogP contribution is 2.28. The fraction of sp³-hybridized carbons (Fsp3) is 0.235. The van der Waals surface area contributed by atoms with Crippen molar-refractivity contribution in [2.75, 3.05) is 5.32 Å². The highest BCUT2D eigenvalue weighted by molar-refractivity contribution is 6.30. The molecule has 2 aromatic rings. The number of benzene rings is 2. The van der Waals surface area contributed by atoms with Gasteiger partial charge in [-0.2, -0.15) is 0 Å². The van der Waals surface area contributed by atoms with Crippen molar-refractivity contribution in [1.29, 1.82) is 0 Å². The SMILES string of the molecule is NC(c1ccc(Cl)cc1)c1ccc2c(c1)CCCC(=O)N2. The zero-order valence-electron chi connectivity index (χ0n) is 11.6. The molecule has 3 nitrogen and oxygen atoms in total. The lowest BCUT2D eigenvalue weighted by atomic mass is 9.96. The molecule has 0 saturated heterocycles. The molecule has 1 amide bonds. The van der Waals surface area contributed by atoms with Crippen molar-refractivity contribution in [2.45, 2.75) is 25.3 Å². The van der Waals surface area contributed by atoms with E-state index in [4.69, 9.17) is 17.3 Å². The molecule has 4 heteroatoms. The Labute approximate surface area is 129 Å². The summed E-state index contributed by atoms with van der Waals surface area (Å²) in [5.74, 6) is 0.0866. The van der Waals surface area contributed by atoms with Gasteiger partial charge >= 0.3 is 0 Å². The van der Waals surface area contributed by atoms with Crippen LogP contribution in [0.5, 0.6) is 0 Å². The van der Waals surface area contributed by atoms with Crippen molar-refractivity contribution < 1.29 is 4.79 Å². The summed E-state index contributed by atoms with van der Waals surface area (Å²) >= 11 is 5.91. The number of hydrogen-bond acceptors (Lipinski definition) is 2. The zero-order valence-corrected chi connectivity index (χ0v) is 12.4. The van der Waals surface area contributed by atoms with Gasteiger partial charge in [-0.25, -0.2) is 0 Å². The van der Waals surface area contributed by atoms with Crippen LogP contribution in [0.15, 0.2) is 42.5 Å². The van der Waals surface area contributed by atoms with Crippen molar-refractivity contribution in [1.82, 2.24) is 0 Å². The standard InChI is InChI=1S/C17H17ClN2O/c18-14-7-4-11(5-8-14)17(19)13-6-9-15-12(10-13)2-1-3-16(21)20-15/h4-10,17H,1-3,19H2,(H,20,21). The first kappa shape index (κ1) is 14.1. The highest BCUT2D eigenvalue weighted by Gasteiger charge is 2.15. The molecule has 0 fully saturated rings. The number of nitrogens with two attached hydrogens (primary N) is 1. The molecule has 1 unspecified atom stereocenters. The van der Waals surface area contributed by atoms with Crippen LogP contribution >= 0.6 is 11.6 Å². The number of amides is 1. The third kappa shape index (κ3) is 3.09. The fourth-order valence-electron chi connectivity index (χ4n) is 2.65. The lowest BCUT2D eigenvalue weighted by Crippen LogP contribution is -2.13. The van der Waals surface area contributed by atoms with E-state index in [2.05, 4.69) is 11.4 Å². The second-order valence-corrected chi connectivity index (χ2v) is 5.78. The van der Waals surface area contributed by atoms with Gasteiger partial charge in [0, 0.05) is 17.1 Å². The normalized spacial score (nSPS) is 15.8. The maximum Gasteiger partial charge on any atom is 0.224 e. The molecule has 0 aromatic heterocycles. The Balaban J connectivity index is 1.91. The van der Waals surface area contributed by atoms with Gasteiger partial charge in [0.25, 0.3) is 0 Å². The van der Waals surface area contributed by atoms with Crippen LogP contribution in [0.3, 0.4) is 0 Å². The Morgan fingerprint density at radius 2 is 1.76 bits per heavy atom. The third-order valence-corrected chi connectivity index (χ3v) is 4.09. The second kappa shape index (κ2) is 5.88. The first-order valence-corrected chi connectivity index (χ1v) is 7.45. The summed E-state index contributed by atoms with van der Waals surface area (Å²) in [7, 11) is 0. The van der Waals surface area contributed by atoms with Crippen molar-refractivity contribution in [3.63, 3.8) is 0 Å². The molecule has 2 aromatic carbocycles. The van der Waals surface area contributed by atoms with E-state index in [9.17, 15) is 4.79 Å². The third-order valence-electron chi connectivity index (χ3n) is 3.84. The number of rotatable bonds is 2. The Hall–Kier alpha value is -1.84. The smallest absolute Gasteiger partial charge is 0.224 e. The summed E-state index contributed by atoms with van der Waals surface area (Å²) in [6.45, 7) is 0. The number of hydrogen-bond donors (Lipinski definition) is 2. The van der Waals surface area contributed by atoms with Gasteiger partial charge in [-0.3, -0.25) is 4.79 Å². The van der Waals surface area contributed by atoms with Gasteiger partial charge in [-0.05, 0) is 47.7 Å². The quantitative estimate of drug-likeness (QED) is 0.889. The van der Waals surface area contributed by atoms with E-state index >= 15 is 0 Å². The lowest BCUT2D eigenvalue weighted by molar-refractivity contribution is -0.116. The van der Waals surface area contributed by atoms with Crippen LogP contribution in [-0.4, -0.2) is 5.91 Å². The highest BCUT2D eigenvalue weighted by atomic mass is 35.5. The Morgan fingerprint density at radius 1 is 1.05 bits per heavy atom. The van der Waals surface area contributed by atoms with Gasteiger partial charge < -0.3 is 11.1 Å². The molecule has 0 saturated carbocycles. The summed E-state index contributed by atoms with van der Waals surface area (Å²) in [6, 6.07) is 13.4. The van der Waals surface area contributed by atoms with Crippen molar-refractivity contribution in [2.24, 2.45) is 5.73 Å². The minimum Gasteiger partial charge on any atom is -0.326 e. The van der Waals surface area contributed by atoms with E-state index in [0.29, 0.717) is 11.4 Å². The van der Waals surface area contributed by atoms with Gasteiger partial charge in [0.1, 0.15) is 0 Å². The largest absolute Gasteiger partial charge is 0.326 e. The van der Waals surface area contributed by atoms with Crippen LogP contribution in [0.2, 0.25) is 5.02 Å². The fourth-order valence-corrected chi connectivity index (χ4v) is 2.78. The Kier molecular flexibility index (Phi) is 3.95. The Bertz CT molecular complexity index is 667. The number of halogens is 1. The Morgan fingerprint density at radius 3 is 2.52 bits per heavy atom. The van der Waals surface area contributed by atoms with Crippen LogP contribution < -0.4 is 11.1 Å². The molecule has 0 radical (unpaired) electrons. The topological polar surface area (TPSA) is 55.1 Å². The monoisotopic (exact) mass is 300 g/mol. The molecule has 0 spiro atoms. The van der Waals surface area contributed by atoms with Gasteiger partial charge in [0.2, 0.25) is 5.91 Å². The zero-order chi connectivity index (χ0) is 14.8. The van der Waals surface area contributed by atoms with Crippen molar-refractivity contribution >= 4 is 23.2 Å². The first-order chi connectivity index (χ1) is 10.1. The van der Waals surface area contributed by atoms with Crippen LogP contribution in [0.4, 0.5) is 5.69 Å². The molecular formula is C17H17ClN2O. The minimum absolute atomic E-state index is 0.0866. The minimum atomic E-state index is -0.188. The van der Waals surface area contributed by atoms with Crippen molar-refractivity contribution in [3.05, 3.63) is 64.2 Å². The molecule has 1 aliphatic heterocycles. The number of carbonyl (C=O) groups is 1. The summed E-state index contributed by atoms with van der Waals surface area (Å²) in [5, 5.41) is 3.64. The van der Waals surface area contributed by atoms with Gasteiger partial charge in [0.15, 0.2) is 0 Å². The number of nitrogens with one attached hydrogen (secondary N) is 1. The first-order valence-electron chi connectivity index (χ1n) is 7.07. The number of carbonyl (C=O) groups excluding carboxylic acids is 1. The van der Waals surface area contributed by atoms with Crippen LogP contribution in [-0.2, 0) is 11.2 Å². The van der Waals surface area contributed by atoms with Gasteiger partial charge in [-0.15, -0.1) is 0 Å². The lowest BCUT2D eigenvalue weighted by Gasteiger charge is -2.15. The van der Waals surface area contributed by atoms with Gasteiger partial charge in [0.05, 0.1) is 6.04 Å². The maximum atomic E-state index is 11.6. The average Bonchev–Trinajstić information content (AvgIpc) is 2.67. The van der Waals surface area contributed by atoms with E-state index in [1.165, 1.54) is 0 Å². The number of aryl methyl sites for hydroxylation is 1.